The highest BCUT2D eigenvalue weighted by atomic mass is 16.6. The van der Waals surface area contributed by atoms with Crippen molar-refractivity contribution in [3.05, 3.63) is 71.3 Å². The van der Waals surface area contributed by atoms with Gasteiger partial charge in [0.25, 0.3) is 0 Å². The Labute approximate surface area is 114 Å². The van der Waals surface area contributed by atoms with Crippen LogP contribution in [0.2, 0.25) is 0 Å². The second-order valence-corrected chi connectivity index (χ2v) is 5.30. The fourth-order valence-electron chi connectivity index (χ4n) is 2.21. The summed E-state index contributed by atoms with van der Waals surface area (Å²) in [5.41, 5.74) is 3.23. The van der Waals surface area contributed by atoms with Crippen molar-refractivity contribution < 1.29 is 4.74 Å². The highest BCUT2D eigenvalue weighted by Crippen LogP contribution is 2.49. The fourth-order valence-corrected chi connectivity index (χ4v) is 2.21. The van der Waals surface area contributed by atoms with Gasteiger partial charge in [0.05, 0.1) is 5.60 Å². The van der Waals surface area contributed by atoms with Crippen LogP contribution < -0.4 is 0 Å². The van der Waals surface area contributed by atoms with Crippen molar-refractivity contribution in [2.24, 2.45) is 0 Å². The lowest BCUT2D eigenvalue weighted by atomic mass is 9.98. The Bertz CT molecular complexity index is 644. The number of rotatable bonds is 1. The quantitative estimate of drug-likeness (QED) is 0.550. The minimum atomic E-state index is -0.0511. The van der Waals surface area contributed by atoms with E-state index in [2.05, 4.69) is 37.8 Å². The predicted molar refractivity (Wildman–Crippen MR) is 76.8 cm³/mol. The number of benzene rings is 2. The molecule has 0 spiro atoms. The van der Waals surface area contributed by atoms with Gasteiger partial charge in [-0.1, -0.05) is 48.2 Å². The first kappa shape index (κ1) is 12.0. The van der Waals surface area contributed by atoms with Crippen LogP contribution in [-0.4, -0.2) is 5.60 Å². The SMILES string of the molecule is CC1(C)OC1c1ccccc1C#Cc1ccccc1. The van der Waals surface area contributed by atoms with Gasteiger partial charge in [-0.25, -0.2) is 0 Å². The van der Waals surface area contributed by atoms with E-state index in [0.717, 1.165) is 11.1 Å². The van der Waals surface area contributed by atoms with Crippen LogP contribution in [0.4, 0.5) is 0 Å². The topological polar surface area (TPSA) is 12.5 Å². The van der Waals surface area contributed by atoms with Crippen molar-refractivity contribution in [1.29, 1.82) is 0 Å². The normalized spacial score (nSPS) is 19.4. The lowest BCUT2D eigenvalue weighted by Gasteiger charge is -2.01. The number of ether oxygens (including phenoxy) is 1. The molecule has 0 aromatic heterocycles. The van der Waals surface area contributed by atoms with Crippen LogP contribution in [0, 0.1) is 11.8 Å². The minimum absolute atomic E-state index is 0.0511. The van der Waals surface area contributed by atoms with Gasteiger partial charge in [-0.3, -0.25) is 0 Å². The fraction of sp³-hybridized carbons (Fsp3) is 0.222. The Morgan fingerprint density at radius 3 is 2.21 bits per heavy atom. The molecule has 0 bridgehead atoms. The van der Waals surface area contributed by atoms with E-state index in [-0.39, 0.29) is 11.7 Å². The van der Waals surface area contributed by atoms with Crippen LogP contribution in [0.15, 0.2) is 54.6 Å². The lowest BCUT2D eigenvalue weighted by molar-refractivity contribution is 0.325. The van der Waals surface area contributed by atoms with Crippen molar-refractivity contribution in [2.75, 3.05) is 0 Å². The van der Waals surface area contributed by atoms with Crippen molar-refractivity contribution >= 4 is 0 Å². The molecule has 1 heterocycles. The third-order valence-electron chi connectivity index (χ3n) is 3.35. The van der Waals surface area contributed by atoms with E-state index in [1.165, 1.54) is 5.56 Å². The standard InChI is InChI=1S/C18H16O/c1-18(2)17(19-18)16-11-7-6-10-15(16)13-12-14-8-4-3-5-9-14/h3-11,17H,1-2H3. The van der Waals surface area contributed by atoms with Crippen LogP contribution in [-0.2, 0) is 4.74 Å². The molecular formula is C18H16O. The molecule has 1 aliphatic heterocycles. The smallest absolute Gasteiger partial charge is 0.113 e. The molecular weight excluding hydrogens is 232 g/mol. The zero-order valence-corrected chi connectivity index (χ0v) is 11.2. The molecule has 0 aliphatic carbocycles. The average molecular weight is 248 g/mol. The first-order valence-corrected chi connectivity index (χ1v) is 6.51. The Hall–Kier alpha value is -2.04. The zero-order chi connectivity index (χ0) is 13.3. The largest absolute Gasteiger partial charge is 0.362 e. The second-order valence-electron chi connectivity index (χ2n) is 5.30. The van der Waals surface area contributed by atoms with Gasteiger partial charge in [-0.05, 0) is 37.6 Å². The Kier molecular flexibility index (Phi) is 2.89. The molecule has 1 saturated heterocycles. The third kappa shape index (κ3) is 2.54. The first-order valence-electron chi connectivity index (χ1n) is 6.51. The summed E-state index contributed by atoms with van der Waals surface area (Å²) in [6, 6.07) is 18.3. The van der Waals surface area contributed by atoms with Gasteiger partial charge in [-0.15, -0.1) is 0 Å². The predicted octanol–water partition coefficient (Wildman–Crippen LogP) is 3.94. The molecule has 1 unspecified atom stereocenters. The average Bonchev–Trinajstić information content (AvgIpc) is 3.07. The summed E-state index contributed by atoms with van der Waals surface area (Å²) in [5, 5.41) is 0. The van der Waals surface area contributed by atoms with E-state index >= 15 is 0 Å². The van der Waals surface area contributed by atoms with Gasteiger partial charge >= 0.3 is 0 Å². The Morgan fingerprint density at radius 2 is 1.53 bits per heavy atom. The Morgan fingerprint density at radius 1 is 0.895 bits per heavy atom. The second kappa shape index (κ2) is 4.57. The molecule has 2 aromatic carbocycles. The van der Waals surface area contributed by atoms with E-state index < -0.39 is 0 Å². The molecule has 0 amide bonds. The highest BCUT2D eigenvalue weighted by molar-refractivity contribution is 5.48. The molecule has 1 heteroatoms. The van der Waals surface area contributed by atoms with Crippen LogP contribution in [0.5, 0.6) is 0 Å². The maximum absolute atomic E-state index is 5.72. The maximum atomic E-state index is 5.72. The summed E-state index contributed by atoms with van der Waals surface area (Å²) in [6.07, 6.45) is 0.175. The molecule has 0 radical (unpaired) electrons. The van der Waals surface area contributed by atoms with Crippen LogP contribution in [0.25, 0.3) is 0 Å². The summed E-state index contributed by atoms with van der Waals surface area (Å²) < 4.78 is 5.72. The molecule has 1 fully saturated rings. The highest BCUT2D eigenvalue weighted by Gasteiger charge is 2.49. The molecule has 94 valence electrons. The number of epoxide rings is 1. The van der Waals surface area contributed by atoms with Gasteiger partial charge in [0.2, 0.25) is 0 Å². The van der Waals surface area contributed by atoms with E-state index in [4.69, 9.17) is 4.74 Å². The third-order valence-corrected chi connectivity index (χ3v) is 3.35. The van der Waals surface area contributed by atoms with Gasteiger partial charge in [0.15, 0.2) is 0 Å². The zero-order valence-electron chi connectivity index (χ0n) is 11.2. The van der Waals surface area contributed by atoms with Gasteiger partial charge < -0.3 is 4.74 Å². The van der Waals surface area contributed by atoms with E-state index in [1.807, 2.05) is 42.5 Å². The molecule has 1 atom stereocenters. The van der Waals surface area contributed by atoms with Crippen LogP contribution in [0.1, 0.15) is 36.6 Å². The molecule has 0 saturated carbocycles. The molecule has 0 N–H and O–H groups in total. The molecule has 2 aromatic rings. The summed E-state index contributed by atoms with van der Waals surface area (Å²) in [6.45, 7) is 4.22. The lowest BCUT2D eigenvalue weighted by Crippen LogP contribution is -1.99. The molecule has 1 nitrogen and oxygen atoms in total. The molecule has 3 rings (SSSR count). The van der Waals surface area contributed by atoms with Gasteiger partial charge in [0.1, 0.15) is 6.10 Å². The van der Waals surface area contributed by atoms with E-state index in [1.54, 1.807) is 0 Å². The summed E-state index contributed by atoms with van der Waals surface area (Å²) in [4.78, 5) is 0. The van der Waals surface area contributed by atoms with Crippen molar-refractivity contribution in [2.45, 2.75) is 25.6 Å². The number of hydrogen-bond acceptors (Lipinski definition) is 1. The monoisotopic (exact) mass is 248 g/mol. The summed E-state index contributed by atoms with van der Waals surface area (Å²) in [7, 11) is 0. The van der Waals surface area contributed by atoms with Gasteiger partial charge in [-0.2, -0.15) is 0 Å². The van der Waals surface area contributed by atoms with Crippen molar-refractivity contribution in [1.82, 2.24) is 0 Å². The van der Waals surface area contributed by atoms with E-state index in [9.17, 15) is 0 Å². The summed E-state index contributed by atoms with van der Waals surface area (Å²) in [5.74, 6) is 6.46. The first-order chi connectivity index (χ1) is 9.17. The van der Waals surface area contributed by atoms with Crippen LogP contribution >= 0.6 is 0 Å². The molecule has 19 heavy (non-hydrogen) atoms. The van der Waals surface area contributed by atoms with Crippen molar-refractivity contribution in [3.8, 4) is 11.8 Å². The van der Waals surface area contributed by atoms with E-state index in [0.29, 0.717) is 0 Å². The maximum Gasteiger partial charge on any atom is 0.113 e. The minimum Gasteiger partial charge on any atom is -0.362 e. The Balaban J connectivity index is 1.93. The van der Waals surface area contributed by atoms with Gasteiger partial charge in [0, 0.05) is 11.1 Å². The number of hydrogen-bond donors (Lipinski definition) is 0. The van der Waals surface area contributed by atoms with Crippen LogP contribution in [0.3, 0.4) is 0 Å². The molecule has 1 aliphatic rings. The summed E-state index contributed by atoms with van der Waals surface area (Å²) >= 11 is 0. The van der Waals surface area contributed by atoms with Crippen molar-refractivity contribution in [3.63, 3.8) is 0 Å².